The molecule has 2 amide bonds. The Morgan fingerprint density at radius 3 is 2.24 bits per heavy atom. The molecule has 0 atom stereocenters. The zero-order valence-corrected chi connectivity index (χ0v) is 15.1. The summed E-state index contributed by atoms with van der Waals surface area (Å²) < 4.78 is 1.80. The summed E-state index contributed by atoms with van der Waals surface area (Å²) in [5.74, 6) is -0.418. The number of rotatable bonds is 7. The third kappa shape index (κ3) is 5.71. The molecular weight excluding hydrogens is 314 g/mol. The molecule has 1 heterocycles. The summed E-state index contributed by atoms with van der Waals surface area (Å²) in [5.41, 5.74) is 4.07. The lowest BCUT2D eigenvalue weighted by Gasteiger charge is -2.11. The molecule has 0 spiro atoms. The average Bonchev–Trinajstić information content (AvgIpc) is 2.58. The van der Waals surface area contributed by atoms with Crippen molar-refractivity contribution in [1.82, 2.24) is 5.32 Å². The highest BCUT2D eigenvalue weighted by molar-refractivity contribution is 5.95. The van der Waals surface area contributed by atoms with Gasteiger partial charge in [-0.15, -0.1) is 0 Å². The second kappa shape index (κ2) is 8.97. The van der Waals surface area contributed by atoms with E-state index in [1.54, 1.807) is 4.57 Å². The largest absolute Gasteiger partial charge is 0.342 e. The molecule has 0 unspecified atom stereocenters. The van der Waals surface area contributed by atoms with Crippen molar-refractivity contribution in [3.05, 3.63) is 59.4 Å². The molecule has 2 rings (SSSR count). The number of carbonyl (C=O) groups excluding carboxylic acids is 2. The average molecular weight is 340 g/mol. The summed E-state index contributed by atoms with van der Waals surface area (Å²) in [5, 5.41) is 5.52. The molecule has 0 saturated heterocycles. The quantitative estimate of drug-likeness (QED) is 0.760. The van der Waals surface area contributed by atoms with E-state index in [4.69, 9.17) is 0 Å². The maximum Gasteiger partial charge on any atom is 0.286 e. The van der Waals surface area contributed by atoms with Gasteiger partial charge in [-0.2, -0.15) is 4.57 Å². The number of hydrogen-bond donors (Lipinski definition) is 2. The molecule has 1 aromatic heterocycles. The van der Waals surface area contributed by atoms with Crippen LogP contribution in [-0.2, 0) is 22.6 Å². The van der Waals surface area contributed by atoms with Gasteiger partial charge in [0.15, 0.2) is 12.4 Å². The molecule has 5 heteroatoms. The number of aromatic nitrogens is 1. The van der Waals surface area contributed by atoms with E-state index in [2.05, 4.69) is 17.6 Å². The van der Waals surface area contributed by atoms with Crippen molar-refractivity contribution < 1.29 is 14.2 Å². The van der Waals surface area contributed by atoms with Crippen LogP contribution in [0.1, 0.15) is 30.0 Å². The number of benzene rings is 1. The van der Waals surface area contributed by atoms with Gasteiger partial charge in [-0.1, -0.05) is 31.5 Å². The summed E-state index contributed by atoms with van der Waals surface area (Å²) in [6.45, 7) is 6.18. The Labute approximate surface area is 149 Å². The fraction of sp³-hybridized carbons (Fsp3) is 0.350. The lowest BCUT2D eigenvalue weighted by Crippen LogP contribution is -2.44. The van der Waals surface area contributed by atoms with Crippen LogP contribution in [0.2, 0.25) is 0 Å². The number of hydrogen-bond acceptors (Lipinski definition) is 2. The van der Waals surface area contributed by atoms with E-state index < -0.39 is 0 Å². The molecule has 1 aromatic carbocycles. The highest BCUT2D eigenvalue weighted by Crippen LogP contribution is 2.18. The highest BCUT2D eigenvalue weighted by atomic mass is 16.2. The van der Waals surface area contributed by atoms with Gasteiger partial charge in [0.2, 0.25) is 12.5 Å². The Hall–Kier alpha value is -2.69. The van der Waals surface area contributed by atoms with Crippen LogP contribution < -0.4 is 15.2 Å². The molecule has 5 nitrogen and oxygen atoms in total. The van der Waals surface area contributed by atoms with Crippen LogP contribution in [0.15, 0.2) is 42.7 Å². The molecule has 0 saturated carbocycles. The van der Waals surface area contributed by atoms with E-state index in [0.717, 1.165) is 29.7 Å². The SMILES string of the molecule is CCCc1cc[n+](CC(=O)NCC(=O)Nc2c(C)cccc2C)cc1. The summed E-state index contributed by atoms with van der Waals surface area (Å²) in [6.07, 6.45) is 5.91. The third-order valence-corrected chi connectivity index (χ3v) is 4.02. The molecule has 0 bridgehead atoms. The van der Waals surface area contributed by atoms with E-state index in [0.29, 0.717) is 0 Å². The second-order valence-corrected chi connectivity index (χ2v) is 6.22. The van der Waals surface area contributed by atoms with Gasteiger partial charge >= 0.3 is 0 Å². The molecule has 132 valence electrons. The van der Waals surface area contributed by atoms with Crippen LogP contribution >= 0.6 is 0 Å². The van der Waals surface area contributed by atoms with Gasteiger partial charge in [-0.25, -0.2) is 0 Å². The smallest absolute Gasteiger partial charge is 0.286 e. The first-order chi connectivity index (χ1) is 12.0. The first-order valence-electron chi connectivity index (χ1n) is 8.60. The summed E-state index contributed by atoms with van der Waals surface area (Å²) in [4.78, 5) is 24.1. The standard InChI is InChI=1S/C20H25N3O2/c1-4-6-17-9-11-23(12-10-17)14-19(25)21-13-18(24)22-20-15(2)7-5-8-16(20)3/h5,7-12H,4,6,13-14H2,1-3H3,(H-,21,22,24,25)/p+1. The first-order valence-corrected chi connectivity index (χ1v) is 8.60. The number of nitrogens with one attached hydrogen (secondary N) is 2. The lowest BCUT2D eigenvalue weighted by molar-refractivity contribution is -0.684. The Morgan fingerprint density at radius 1 is 1.00 bits per heavy atom. The van der Waals surface area contributed by atoms with E-state index >= 15 is 0 Å². The minimum absolute atomic E-state index is 0.0406. The van der Waals surface area contributed by atoms with Gasteiger partial charge < -0.3 is 10.6 Å². The molecule has 0 fully saturated rings. The van der Waals surface area contributed by atoms with Crippen molar-refractivity contribution >= 4 is 17.5 Å². The van der Waals surface area contributed by atoms with E-state index in [1.807, 2.05) is 56.6 Å². The fourth-order valence-electron chi connectivity index (χ4n) is 2.64. The number of pyridine rings is 1. The maximum absolute atomic E-state index is 12.1. The number of nitrogens with zero attached hydrogens (tertiary/aromatic N) is 1. The Balaban J connectivity index is 1.82. The molecule has 0 radical (unpaired) electrons. The predicted octanol–water partition coefficient (Wildman–Crippen LogP) is 2.30. The Bertz CT molecular complexity index is 719. The maximum atomic E-state index is 12.1. The normalized spacial score (nSPS) is 10.4. The minimum Gasteiger partial charge on any atom is -0.342 e. The third-order valence-electron chi connectivity index (χ3n) is 4.02. The van der Waals surface area contributed by atoms with Crippen molar-refractivity contribution in [1.29, 1.82) is 0 Å². The van der Waals surface area contributed by atoms with Gasteiger partial charge in [-0.3, -0.25) is 9.59 Å². The van der Waals surface area contributed by atoms with E-state index in [1.165, 1.54) is 5.56 Å². The fourth-order valence-corrected chi connectivity index (χ4v) is 2.64. The molecular formula is C20H26N3O2+. The van der Waals surface area contributed by atoms with Gasteiger partial charge in [-0.05, 0) is 37.0 Å². The van der Waals surface area contributed by atoms with Crippen LogP contribution in [0.5, 0.6) is 0 Å². The molecule has 2 aromatic rings. The summed E-state index contributed by atoms with van der Waals surface area (Å²) >= 11 is 0. The number of para-hydroxylation sites is 1. The molecule has 2 N–H and O–H groups in total. The monoisotopic (exact) mass is 340 g/mol. The van der Waals surface area contributed by atoms with Gasteiger partial charge in [0.25, 0.3) is 5.91 Å². The van der Waals surface area contributed by atoms with Gasteiger partial charge in [0.05, 0.1) is 6.54 Å². The number of aryl methyl sites for hydroxylation is 3. The van der Waals surface area contributed by atoms with Crippen molar-refractivity contribution in [2.45, 2.75) is 40.2 Å². The van der Waals surface area contributed by atoms with Crippen molar-refractivity contribution in [3.63, 3.8) is 0 Å². The lowest BCUT2D eigenvalue weighted by atomic mass is 10.1. The van der Waals surface area contributed by atoms with E-state index in [-0.39, 0.29) is 24.9 Å². The minimum atomic E-state index is -0.228. The highest BCUT2D eigenvalue weighted by Gasteiger charge is 2.12. The predicted molar refractivity (Wildman–Crippen MR) is 98.2 cm³/mol. The second-order valence-electron chi connectivity index (χ2n) is 6.22. The van der Waals surface area contributed by atoms with Crippen molar-refractivity contribution in [3.8, 4) is 0 Å². The van der Waals surface area contributed by atoms with Crippen LogP contribution in [0.25, 0.3) is 0 Å². The van der Waals surface area contributed by atoms with Crippen LogP contribution in [-0.4, -0.2) is 18.4 Å². The van der Waals surface area contributed by atoms with Gasteiger partial charge in [0.1, 0.15) is 0 Å². The molecule has 25 heavy (non-hydrogen) atoms. The van der Waals surface area contributed by atoms with E-state index in [9.17, 15) is 9.59 Å². The number of carbonyl (C=O) groups is 2. The van der Waals surface area contributed by atoms with Crippen LogP contribution in [0, 0.1) is 13.8 Å². The van der Waals surface area contributed by atoms with Crippen LogP contribution in [0.3, 0.4) is 0 Å². The van der Waals surface area contributed by atoms with Gasteiger partial charge in [0, 0.05) is 17.8 Å². The molecule has 0 aliphatic carbocycles. The molecule has 0 aliphatic rings. The zero-order valence-electron chi connectivity index (χ0n) is 15.1. The number of anilines is 1. The summed E-state index contributed by atoms with van der Waals surface area (Å²) in [6, 6.07) is 9.88. The summed E-state index contributed by atoms with van der Waals surface area (Å²) in [7, 11) is 0. The number of amides is 2. The Morgan fingerprint density at radius 2 is 1.64 bits per heavy atom. The Kier molecular flexibility index (Phi) is 6.69. The first kappa shape index (κ1) is 18.6. The zero-order chi connectivity index (χ0) is 18.2. The van der Waals surface area contributed by atoms with Crippen LogP contribution in [0.4, 0.5) is 5.69 Å². The van der Waals surface area contributed by atoms with Crippen molar-refractivity contribution in [2.24, 2.45) is 0 Å². The molecule has 0 aliphatic heterocycles. The van der Waals surface area contributed by atoms with Crippen molar-refractivity contribution in [2.75, 3.05) is 11.9 Å². The topological polar surface area (TPSA) is 62.1 Å².